The minimum Gasteiger partial charge on any atom is -0.477 e. The van der Waals surface area contributed by atoms with Gasteiger partial charge in [-0.05, 0) is 30.9 Å². The van der Waals surface area contributed by atoms with Crippen LogP contribution in [0.5, 0.6) is 5.88 Å². The van der Waals surface area contributed by atoms with Gasteiger partial charge in [0, 0.05) is 18.8 Å². The molecule has 3 heterocycles. The van der Waals surface area contributed by atoms with Crippen LogP contribution in [0.4, 0.5) is 0 Å². The number of nitrogens with zero attached hydrogens (tertiary/aromatic N) is 1. The molecule has 1 fully saturated rings. The second-order valence-electron chi connectivity index (χ2n) is 4.20. The Labute approximate surface area is 84.1 Å². The van der Waals surface area contributed by atoms with Crippen LogP contribution >= 0.6 is 0 Å². The highest BCUT2D eigenvalue weighted by Crippen LogP contribution is 2.29. The fourth-order valence-corrected chi connectivity index (χ4v) is 2.41. The predicted octanol–water partition coefficient (Wildman–Crippen LogP) is 1.35. The highest BCUT2D eigenvalue weighted by Gasteiger charge is 2.20. The molecule has 0 radical (unpaired) electrons. The molecule has 0 aromatic carbocycles. The second kappa shape index (κ2) is 3.31. The van der Waals surface area contributed by atoms with E-state index in [9.17, 15) is 0 Å². The van der Waals surface area contributed by atoms with Gasteiger partial charge in [-0.3, -0.25) is 0 Å². The van der Waals surface area contributed by atoms with Gasteiger partial charge in [-0.25, -0.2) is 0 Å². The summed E-state index contributed by atoms with van der Waals surface area (Å²) in [5, 5.41) is 3.45. The lowest BCUT2D eigenvalue weighted by Crippen LogP contribution is -2.28. The molecular formula is C11H16N2O. The Hall–Kier alpha value is -0.960. The van der Waals surface area contributed by atoms with Gasteiger partial charge >= 0.3 is 0 Å². The van der Waals surface area contributed by atoms with E-state index in [4.69, 9.17) is 4.74 Å². The van der Waals surface area contributed by atoms with E-state index in [2.05, 4.69) is 22.1 Å². The Balaban J connectivity index is 1.82. The maximum Gasteiger partial charge on any atom is 0.193 e. The number of hydrogen-bond donors (Lipinski definition) is 1. The summed E-state index contributed by atoms with van der Waals surface area (Å²) in [4.78, 5) is 0. The maximum absolute atomic E-state index is 5.51. The van der Waals surface area contributed by atoms with Gasteiger partial charge < -0.3 is 14.6 Å². The lowest BCUT2D eigenvalue weighted by molar-refractivity contribution is 0.356. The molecule has 76 valence electrons. The first-order chi connectivity index (χ1) is 6.93. The number of aromatic nitrogens is 1. The molecule has 0 aliphatic carbocycles. The molecule has 2 aliphatic heterocycles. The Morgan fingerprint density at radius 1 is 1.50 bits per heavy atom. The summed E-state index contributed by atoms with van der Waals surface area (Å²) >= 11 is 0. The van der Waals surface area contributed by atoms with Crippen molar-refractivity contribution in [3.63, 3.8) is 0 Å². The molecule has 3 heteroatoms. The number of rotatable bonds is 1. The molecule has 0 saturated carbocycles. The van der Waals surface area contributed by atoms with Gasteiger partial charge in [0.15, 0.2) is 5.88 Å². The first kappa shape index (κ1) is 8.36. The third-order valence-electron chi connectivity index (χ3n) is 3.23. The normalized spacial score (nSPS) is 25.9. The largest absolute Gasteiger partial charge is 0.477 e. The summed E-state index contributed by atoms with van der Waals surface area (Å²) in [6.07, 6.45) is 4.88. The third kappa shape index (κ3) is 1.32. The predicted molar refractivity (Wildman–Crippen MR) is 54.8 cm³/mol. The van der Waals surface area contributed by atoms with E-state index in [1.807, 2.05) is 0 Å². The molecule has 0 spiro atoms. The summed E-state index contributed by atoms with van der Waals surface area (Å²) in [6.45, 7) is 4.18. The van der Waals surface area contributed by atoms with E-state index < -0.39 is 0 Å². The number of nitrogens with one attached hydrogen (secondary N) is 1. The van der Waals surface area contributed by atoms with Crippen molar-refractivity contribution in [1.29, 1.82) is 0 Å². The highest BCUT2D eigenvalue weighted by atomic mass is 16.5. The number of piperidine rings is 1. The van der Waals surface area contributed by atoms with Crippen LogP contribution in [0.25, 0.3) is 0 Å². The van der Waals surface area contributed by atoms with Crippen molar-refractivity contribution in [2.24, 2.45) is 0 Å². The summed E-state index contributed by atoms with van der Waals surface area (Å²) in [6, 6.07) is 2.21. The molecule has 2 aliphatic rings. The third-order valence-corrected chi connectivity index (χ3v) is 3.23. The average molecular weight is 192 g/mol. The van der Waals surface area contributed by atoms with Crippen LogP contribution in [0.3, 0.4) is 0 Å². The SMILES string of the molecule is c1c(C2CCCNC2)cn2c1OCC2. The topological polar surface area (TPSA) is 26.2 Å². The van der Waals surface area contributed by atoms with Crippen molar-refractivity contribution < 1.29 is 4.74 Å². The second-order valence-corrected chi connectivity index (χ2v) is 4.20. The molecule has 3 rings (SSSR count). The Morgan fingerprint density at radius 3 is 3.29 bits per heavy atom. The van der Waals surface area contributed by atoms with Gasteiger partial charge in [0.25, 0.3) is 0 Å². The van der Waals surface area contributed by atoms with E-state index in [-0.39, 0.29) is 0 Å². The zero-order valence-electron chi connectivity index (χ0n) is 8.33. The molecule has 1 unspecified atom stereocenters. The van der Waals surface area contributed by atoms with Crippen molar-refractivity contribution in [3.8, 4) is 5.88 Å². The molecule has 1 N–H and O–H groups in total. The number of hydrogen-bond acceptors (Lipinski definition) is 2. The molecule has 1 aromatic heterocycles. The molecule has 1 atom stereocenters. The average Bonchev–Trinajstić information content (AvgIpc) is 2.78. The van der Waals surface area contributed by atoms with E-state index in [0.717, 1.165) is 25.6 Å². The maximum atomic E-state index is 5.51. The summed E-state index contributed by atoms with van der Waals surface area (Å²) in [5.74, 6) is 1.76. The van der Waals surface area contributed by atoms with E-state index in [1.165, 1.54) is 24.9 Å². The quantitative estimate of drug-likeness (QED) is 0.727. The van der Waals surface area contributed by atoms with Crippen LogP contribution in [-0.2, 0) is 6.54 Å². The zero-order chi connectivity index (χ0) is 9.38. The molecule has 0 amide bonds. The van der Waals surface area contributed by atoms with Crippen LogP contribution < -0.4 is 10.1 Å². The Kier molecular flexibility index (Phi) is 1.98. The minimum atomic E-state index is 0.699. The molecule has 0 bridgehead atoms. The molecule has 3 nitrogen and oxygen atoms in total. The molecule has 14 heavy (non-hydrogen) atoms. The van der Waals surface area contributed by atoms with Gasteiger partial charge in [0.1, 0.15) is 6.61 Å². The van der Waals surface area contributed by atoms with Crippen LogP contribution in [0.2, 0.25) is 0 Å². The fourth-order valence-electron chi connectivity index (χ4n) is 2.41. The number of ether oxygens (including phenoxy) is 1. The van der Waals surface area contributed by atoms with E-state index in [1.54, 1.807) is 0 Å². The first-order valence-electron chi connectivity index (χ1n) is 5.47. The molecule has 1 aromatic rings. The van der Waals surface area contributed by atoms with Gasteiger partial charge in [-0.1, -0.05) is 0 Å². The Bertz CT molecular complexity index is 305. The smallest absolute Gasteiger partial charge is 0.193 e. The van der Waals surface area contributed by atoms with Crippen molar-refractivity contribution in [1.82, 2.24) is 9.88 Å². The van der Waals surface area contributed by atoms with Gasteiger partial charge in [-0.15, -0.1) is 0 Å². The highest BCUT2D eigenvalue weighted by molar-refractivity contribution is 5.29. The fraction of sp³-hybridized carbons (Fsp3) is 0.636. The van der Waals surface area contributed by atoms with Crippen LogP contribution in [0, 0.1) is 0 Å². The van der Waals surface area contributed by atoms with Gasteiger partial charge in [0.05, 0.1) is 6.54 Å². The monoisotopic (exact) mass is 192 g/mol. The summed E-state index contributed by atoms with van der Waals surface area (Å²) < 4.78 is 7.74. The van der Waals surface area contributed by atoms with E-state index in [0.29, 0.717) is 5.92 Å². The number of fused-ring (bicyclic) bond motifs is 1. The van der Waals surface area contributed by atoms with Crippen molar-refractivity contribution in [3.05, 3.63) is 17.8 Å². The molecule has 1 saturated heterocycles. The zero-order valence-corrected chi connectivity index (χ0v) is 8.33. The standard InChI is InChI=1S/C11H16N2O/c1-2-9(7-12-3-1)10-6-11-13(8-10)4-5-14-11/h6,8-9,12H,1-5,7H2. The van der Waals surface area contributed by atoms with Crippen molar-refractivity contribution in [2.45, 2.75) is 25.3 Å². The van der Waals surface area contributed by atoms with Crippen molar-refractivity contribution in [2.75, 3.05) is 19.7 Å². The summed E-state index contributed by atoms with van der Waals surface area (Å²) in [5.41, 5.74) is 1.45. The minimum absolute atomic E-state index is 0.699. The first-order valence-corrected chi connectivity index (χ1v) is 5.47. The van der Waals surface area contributed by atoms with Crippen LogP contribution in [-0.4, -0.2) is 24.3 Å². The summed E-state index contributed by atoms with van der Waals surface area (Å²) in [7, 11) is 0. The van der Waals surface area contributed by atoms with Gasteiger partial charge in [-0.2, -0.15) is 0 Å². The Morgan fingerprint density at radius 2 is 2.50 bits per heavy atom. The van der Waals surface area contributed by atoms with E-state index >= 15 is 0 Å². The van der Waals surface area contributed by atoms with Crippen LogP contribution in [0.1, 0.15) is 24.3 Å². The van der Waals surface area contributed by atoms with Gasteiger partial charge in [0.2, 0.25) is 0 Å². The lowest BCUT2D eigenvalue weighted by Gasteiger charge is -2.21. The van der Waals surface area contributed by atoms with Crippen LogP contribution in [0.15, 0.2) is 12.3 Å². The van der Waals surface area contributed by atoms with Crippen molar-refractivity contribution >= 4 is 0 Å². The lowest BCUT2D eigenvalue weighted by atomic mass is 9.94. The molecular weight excluding hydrogens is 176 g/mol.